The molecule has 4 unspecified atom stereocenters. The van der Waals surface area contributed by atoms with Crippen LogP contribution >= 0.6 is 0 Å². The van der Waals surface area contributed by atoms with Gasteiger partial charge in [-0.15, -0.1) is 0 Å². The SMILES string of the molecule is CC1OC(C)C(C(=O)Nc2cccc3c2CCCN3)C1C. The van der Waals surface area contributed by atoms with Gasteiger partial charge in [0.1, 0.15) is 0 Å². The lowest BCUT2D eigenvalue weighted by molar-refractivity contribution is -0.121. The van der Waals surface area contributed by atoms with Gasteiger partial charge in [-0.25, -0.2) is 0 Å². The van der Waals surface area contributed by atoms with Crippen molar-refractivity contribution in [1.29, 1.82) is 0 Å². The molecule has 2 aliphatic heterocycles. The van der Waals surface area contributed by atoms with Gasteiger partial charge in [0.15, 0.2) is 0 Å². The van der Waals surface area contributed by atoms with Gasteiger partial charge in [0.2, 0.25) is 5.91 Å². The summed E-state index contributed by atoms with van der Waals surface area (Å²) in [6.45, 7) is 7.14. The van der Waals surface area contributed by atoms with Crippen molar-refractivity contribution < 1.29 is 9.53 Å². The smallest absolute Gasteiger partial charge is 0.230 e. The summed E-state index contributed by atoms with van der Waals surface area (Å²) in [5, 5.41) is 6.53. The first-order valence-electron chi connectivity index (χ1n) is 7.90. The van der Waals surface area contributed by atoms with Crippen LogP contribution < -0.4 is 10.6 Å². The van der Waals surface area contributed by atoms with E-state index in [0.717, 1.165) is 30.8 Å². The largest absolute Gasteiger partial charge is 0.385 e. The van der Waals surface area contributed by atoms with E-state index in [0.29, 0.717) is 0 Å². The van der Waals surface area contributed by atoms with E-state index in [2.05, 4.69) is 23.6 Å². The Bertz CT molecular complexity index is 544. The molecule has 2 heterocycles. The van der Waals surface area contributed by atoms with Gasteiger partial charge in [0, 0.05) is 17.9 Å². The average molecular weight is 288 g/mol. The van der Waals surface area contributed by atoms with Crippen LogP contribution in [-0.4, -0.2) is 24.7 Å². The lowest BCUT2D eigenvalue weighted by Gasteiger charge is -2.23. The van der Waals surface area contributed by atoms with Crippen molar-refractivity contribution in [2.24, 2.45) is 11.8 Å². The number of fused-ring (bicyclic) bond motifs is 1. The molecule has 0 spiro atoms. The molecule has 2 aliphatic rings. The maximum atomic E-state index is 12.7. The topological polar surface area (TPSA) is 50.4 Å². The van der Waals surface area contributed by atoms with Gasteiger partial charge in [-0.2, -0.15) is 0 Å². The molecule has 0 aliphatic carbocycles. The quantitative estimate of drug-likeness (QED) is 0.879. The second-order valence-corrected chi connectivity index (χ2v) is 6.28. The van der Waals surface area contributed by atoms with Crippen molar-refractivity contribution in [1.82, 2.24) is 0 Å². The lowest BCUT2D eigenvalue weighted by Crippen LogP contribution is -2.32. The molecule has 1 aromatic rings. The number of carbonyl (C=O) groups is 1. The van der Waals surface area contributed by atoms with Crippen LogP contribution in [0.1, 0.15) is 32.8 Å². The van der Waals surface area contributed by atoms with Gasteiger partial charge < -0.3 is 15.4 Å². The van der Waals surface area contributed by atoms with E-state index in [1.807, 2.05) is 26.0 Å². The summed E-state index contributed by atoms with van der Waals surface area (Å²) >= 11 is 0. The number of carbonyl (C=O) groups excluding carboxylic acids is 1. The Labute approximate surface area is 126 Å². The molecule has 114 valence electrons. The number of rotatable bonds is 2. The average Bonchev–Trinajstić information content (AvgIpc) is 2.72. The van der Waals surface area contributed by atoms with Crippen LogP contribution in [0.15, 0.2) is 18.2 Å². The van der Waals surface area contributed by atoms with Crippen molar-refractivity contribution in [3.05, 3.63) is 23.8 Å². The highest BCUT2D eigenvalue weighted by Crippen LogP contribution is 2.34. The van der Waals surface area contributed by atoms with Gasteiger partial charge in [-0.3, -0.25) is 4.79 Å². The number of nitrogens with one attached hydrogen (secondary N) is 2. The molecule has 21 heavy (non-hydrogen) atoms. The minimum absolute atomic E-state index is 0.0207. The second-order valence-electron chi connectivity index (χ2n) is 6.28. The minimum Gasteiger partial charge on any atom is -0.385 e. The molecular weight excluding hydrogens is 264 g/mol. The fourth-order valence-electron chi connectivity index (χ4n) is 3.56. The molecule has 1 saturated heterocycles. The maximum absolute atomic E-state index is 12.7. The number of amides is 1. The van der Waals surface area contributed by atoms with Gasteiger partial charge >= 0.3 is 0 Å². The van der Waals surface area contributed by atoms with E-state index < -0.39 is 0 Å². The van der Waals surface area contributed by atoms with Crippen molar-refractivity contribution in [3.8, 4) is 0 Å². The second kappa shape index (κ2) is 5.68. The summed E-state index contributed by atoms with van der Waals surface area (Å²) in [5.74, 6) is 0.253. The van der Waals surface area contributed by atoms with Crippen molar-refractivity contribution in [2.45, 2.75) is 45.8 Å². The third-order valence-electron chi connectivity index (χ3n) is 4.90. The molecule has 0 radical (unpaired) electrons. The zero-order valence-electron chi connectivity index (χ0n) is 13.0. The number of anilines is 2. The molecular formula is C17H24N2O2. The standard InChI is InChI=1S/C17H24N2O2/c1-10-11(2)21-12(3)16(10)17(20)19-15-8-4-7-14-13(15)6-5-9-18-14/h4,7-8,10-12,16,18H,5-6,9H2,1-3H3,(H,19,20). The first-order chi connectivity index (χ1) is 10.1. The van der Waals surface area contributed by atoms with Crippen LogP contribution in [0.2, 0.25) is 0 Å². The van der Waals surface area contributed by atoms with Crippen LogP contribution in [-0.2, 0) is 16.0 Å². The van der Waals surface area contributed by atoms with Gasteiger partial charge in [-0.05, 0) is 50.3 Å². The highest BCUT2D eigenvalue weighted by Gasteiger charge is 2.41. The van der Waals surface area contributed by atoms with Gasteiger partial charge in [-0.1, -0.05) is 13.0 Å². The predicted molar refractivity (Wildman–Crippen MR) is 84.5 cm³/mol. The van der Waals surface area contributed by atoms with E-state index in [1.54, 1.807) is 0 Å². The molecule has 1 aromatic carbocycles. The summed E-state index contributed by atoms with van der Waals surface area (Å²) < 4.78 is 5.78. The van der Waals surface area contributed by atoms with Crippen LogP contribution in [0.4, 0.5) is 11.4 Å². The molecule has 3 rings (SSSR count). The predicted octanol–water partition coefficient (Wildman–Crippen LogP) is 3.04. The molecule has 2 N–H and O–H groups in total. The highest BCUT2D eigenvalue weighted by atomic mass is 16.5. The van der Waals surface area contributed by atoms with E-state index in [1.165, 1.54) is 5.56 Å². The minimum atomic E-state index is -0.0765. The zero-order chi connectivity index (χ0) is 15.0. The Kier molecular flexibility index (Phi) is 3.89. The Morgan fingerprint density at radius 3 is 2.81 bits per heavy atom. The zero-order valence-corrected chi connectivity index (χ0v) is 13.0. The molecule has 1 amide bonds. The third-order valence-corrected chi connectivity index (χ3v) is 4.90. The monoisotopic (exact) mass is 288 g/mol. The summed E-state index contributed by atoms with van der Waals surface area (Å²) in [7, 11) is 0. The van der Waals surface area contributed by atoms with Crippen LogP contribution in [0.25, 0.3) is 0 Å². The number of hydrogen-bond acceptors (Lipinski definition) is 3. The molecule has 0 bridgehead atoms. The van der Waals surface area contributed by atoms with Crippen LogP contribution in [0.3, 0.4) is 0 Å². The van der Waals surface area contributed by atoms with Crippen molar-refractivity contribution >= 4 is 17.3 Å². The Hall–Kier alpha value is -1.55. The number of hydrogen-bond donors (Lipinski definition) is 2. The van der Waals surface area contributed by atoms with Crippen LogP contribution in [0, 0.1) is 11.8 Å². The maximum Gasteiger partial charge on any atom is 0.230 e. The molecule has 1 fully saturated rings. The fraction of sp³-hybridized carbons (Fsp3) is 0.588. The Balaban J connectivity index is 1.79. The van der Waals surface area contributed by atoms with Crippen molar-refractivity contribution in [2.75, 3.05) is 17.2 Å². The fourth-order valence-corrected chi connectivity index (χ4v) is 3.56. The first kappa shape index (κ1) is 14.4. The third kappa shape index (κ3) is 2.64. The lowest BCUT2D eigenvalue weighted by atomic mass is 9.88. The van der Waals surface area contributed by atoms with E-state index in [4.69, 9.17) is 4.74 Å². The molecule has 0 saturated carbocycles. The highest BCUT2D eigenvalue weighted by molar-refractivity contribution is 5.95. The summed E-state index contributed by atoms with van der Waals surface area (Å²) in [6.07, 6.45) is 2.24. The first-order valence-corrected chi connectivity index (χ1v) is 7.90. The van der Waals surface area contributed by atoms with E-state index in [9.17, 15) is 4.79 Å². The Morgan fingerprint density at radius 2 is 2.10 bits per heavy atom. The Morgan fingerprint density at radius 1 is 1.29 bits per heavy atom. The van der Waals surface area contributed by atoms with Crippen molar-refractivity contribution in [3.63, 3.8) is 0 Å². The summed E-state index contributed by atoms with van der Waals surface area (Å²) in [4.78, 5) is 12.7. The van der Waals surface area contributed by atoms with E-state index in [-0.39, 0.29) is 30.0 Å². The summed E-state index contributed by atoms with van der Waals surface area (Å²) in [6, 6.07) is 6.07. The number of benzene rings is 1. The van der Waals surface area contributed by atoms with Gasteiger partial charge in [0.05, 0.1) is 18.1 Å². The van der Waals surface area contributed by atoms with Gasteiger partial charge in [0.25, 0.3) is 0 Å². The number of ether oxygens (including phenoxy) is 1. The molecule has 4 atom stereocenters. The molecule has 4 nitrogen and oxygen atoms in total. The summed E-state index contributed by atoms with van der Waals surface area (Å²) in [5.41, 5.74) is 3.32. The normalized spacial score (nSPS) is 31.4. The van der Waals surface area contributed by atoms with E-state index >= 15 is 0 Å². The van der Waals surface area contributed by atoms with Crippen LogP contribution in [0.5, 0.6) is 0 Å². The molecule has 0 aromatic heterocycles. The molecule has 4 heteroatoms.